The van der Waals surface area contributed by atoms with Crippen LogP contribution in [0.5, 0.6) is 0 Å². The van der Waals surface area contributed by atoms with E-state index in [-0.39, 0.29) is 25.7 Å². The van der Waals surface area contributed by atoms with Crippen molar-refractivity contribution in [2.75, 3.05) is 39.6 Å². The van der Waals surface area contributed by atoms with Gasteiger partial charge in [-0.1, -0.05) is 324 Å². The van der Waals surface area contributed by atoms with Crippen molar-refractivity contribution in [2.24, 2.45) is 5.92 Å². The lowest BCUT2D eigenvalue weighted by Gasteiger charge is -2.21. The summed E-state index contributed by atoms with van der Waals surface area (Å²) in [4.78, 5) is 72.5. The smallest absolute Gasteiger partial charge is 0.462 e. The first-order valence-corrected chi connectivity index (χ1v) is 40.6. The van der Waals surface area contributed by atoms with Gasteiger partial charge in [-0.15, -0.1) is 0 Å². The molecule has 0 aromatic carbocycles. The van der Waals surface area contributed by atoms with Crippen LogP contribution in [0.25, 0.3) is 0 Å². The average molecular weight is 1340 g/mol. The number of unbranched alkanes of at least 4 members (excludes halogenated alkanes) is 44. The van der Waals surface area contributed by atoms with Gasteiger partial charge in [0.25, 0.3) is 0 Å². The Balaban J connectivity index is 5.17. The first-order chi connectivity index (χ1) is 44.0. The van der Waals surface area contributed by atoms with Gasteiger partial charge in [0, 0.05) is 25.7 Å². The zero-order valence-corrected chi connectivity index (χ0v) is 60.8. The van der Waals surface area contributed by atoms with Gasteiger partial charge in [-0.05, 0) is 31.6 Å². The third-order valence-electron chi connectivity index (χ3n) is 16.8. The molecule has 0 aliphatic heterocycles. The van der Waals surface area contributed by atoms with Crippen molar-refractivity contribution in [3.05, 3.63) is 0 Å². The van der Waals surface area contributed by atoms with Gasteiger partial charge in [0.15, 0.2) is 12.2 Å². The lowest BCUT2D eigenvalue weighted by Crippen LogP contribution is -2.30. The Morgan fingerprint density at radius 1 is 0.297 bits per heavy atom. The van der Waals surface area contributed by atoms with E-state index >= 15 is 0 Å². The second kappa shape index (κ2) is 65.4. The Hall–Kier alpha value is -1.94. The van der Waals surface area contributed by atoms with Gasteiger partial charge < -0.3 is 33.8 Å². The first kappa shape index (κ1) is 89.1. The highest BCUT2D eigenvalue weighted by Gasteiger charge is 2.30. The highest BCUT2D eigenvalue weighted by Crippen LogP contribution is 2.45. The number of carbonyl (C=O) groups excluding carboxylic acids is 4. The van der Waals surface area contributed by atoms with E-state index in [0.29, 0.717) is 31.6 Å². The van der Waals surface area contributed by atoms with Crippen LogP contribution >= 0.6 is 15.6 Å². The third kappa shape index (κ3) is 66.5. The van der Waals surface area contributed by atoms with Crippen molar-refractivity contribution in [2.45, 2.75) is 393 Å². The molecule has 0 amide bonds. The van der Waals surface area contributed by atoms with Gasteiger partial charge >= 0.3 is 39.5 Å². The minimum absolute atomic E-state index is 0.102. The van der Waals surface area contributed by atoms with Crippen LogP contribution in [0.1, 0.15) is 375 Å². The molecule has 0 aromatic rings. The van der Waals surface area contributed by atoms with Crippen LogP contribution in [0.3, 0.4) is 0 Å². The molecule has 0 radical (unpaired) electrons. The van der Waals surface area contributed by atoms with Gasteiger partial charge in [0.2, 0.25) is 0 Å². The predicted molar refractivity (Wildman–Crippen MR) is 368 cm³/mol. The fourth-order valence-electron chi connectivity index (χ4n) is 11.0. The molecule has 17 nitrogen and oxygen atoms in total. The number of hydrogen-bond donors (Lipinski definition) is 3. The average Bonchev–Trinajstić information content (AvgIpc) is 3.13. The Morgan fingerprint density at radius 2 is 0.505 bits per heavy atom. The predicted octanol–water partition coefficient (Wildman–Crippen LogP) is 20.9. The van der Waals surface area contributed by atoms with Crippen LogP contribution in [0.4, 0.5) is 0 Å². The van der Waals surface area contributed by atoms with Crippen molar-refractivity contribution in [1.82, 2.24) is 0 Å². The van der Waals surface area contributed by atoms with Crippen LogP contribution in [0.15, 0.2) is 0 Å². The molecule has 0 saturated heterocycles. The summed E-state index contributed by atoms with van der Waals surface area (Å²) in [7, 11) is -9.90. The minimum Gasteiger partial charge on any atom is -0.462 e. The van der Waals surface area contributed by atoms with E-state index in [2.05, 4.69) is 34.6 Å². The molecule has 2 unspecified atom stereocenters. The SMILES string of the molecule is CCCCCCCCCCCCCCCCCCCCCCC(=O)O[C@H](COC(=O)CCCCCCCCCCCCCCC)COP(=O)(O)OC[C@@H](O)COP(=O)(O)OC[C@@H](COC(=O)CCCCCCCCCCC)OC(=O)CCCCCCCCC(C)C. The lowest BCUT2D eigenvalue weighted by atomic mass is 10.0. The highest BCUT2D eigenvalue weighted by molar-refractivity contribution is 7.47. The zero-order valence-electron chi connectivity index (χ0n) is 59.0. The summed E-state index contributed by atoms with van der Waals surface area (Å²) in [5, 5.41) is 10.6. The normalized spacial score (nSPS) is 14.0. The van der Waals surface area contributed by atoms with Crippen molar-refractivity contribution in [1.29, 1.82) is 0 Å². The number of aliphatic hydroxyl groups excluding tert-OH is 1. The molecule has 0 aromatic heterocycles. The molecular formula is C72H140O17P2. The number of phosphoric ester groups is 2. The summed E-state index contributed by atoms with van der Waals surface area (Å²) in [5.74, 6) is -1.46. The number of rotatable bonds is 72. The van der Waals surface area contributed by atoms with E-state index < -0.39 is 97.5 Å². The van der Waals surface area contributed by atoms with E-state index in [0.717, 1.165) is 89.9 Å². The minimum atomic E-state index is -4.95. The summed E-state index contributed by atoms with van der Waals surface area (Å²) in [5.41, 5.74) is 0. The molecule has 0 aliphatic rings. The molecule has 3 N–H and O–H groups in total. The summed E-state index contributed by atoms with van der Waals surface area (Å²) < 4.78 is 68.2. The fraction of sp³-hybridized carbons (Fsp3) is 0.944. The van der Waals surface area contributed by atoms with Crippen LogP contribution in [0.2, 0.25) is 0 Å². The van der Waals surface area contributed by atoms with Gasteiger partial charge in [-0.3, -0.25) is 37.3 Å². The molecule has 91 heavy (non-hydrogen) atoms. The number of aliphatic hydroxyl groups is 1. The van der Waals surface area contributed by atoms with Crippen molar-refractivity contribution >= 4 is 39.5 Å². The third-order valence-corrected chi connectivity index (χ3v) is 18.7. The molecular weight excluding hydrogens is 1200 g/mol. The van der Waals surface area contributed by atoms with Crippen molar-refractivity contribution in [3.8, 4) is 0 Å². The highest BCUT2D eigenvalue weighted by atomic mass is 31.2. The molecule has 0 rings (SSSR count). The summed E-state index contributed by atoms with van der Waals surface area (Å²) in [6.07, 6.45) is 53.0. The standard InChI is InChI=1S/C72H140O17P2/c1-6-9-12-15-18-21-23-25-26-27-28-29-30-31-33-35-38-41-47-52-57-71(76)88-67(61-83-70(75)56-51-46-40-37-34-32-24-22-19-16-13-10-7-2)63-86-90(78,79)84-59-66(73)60-85-91(80,81)87-64-68(89-72(77)58-53-48-43-42-44-49-54-65(4)5)62-82-69(74)55-50-45-39-36-20-17-14-11-8-3/h65-68,73H,6-64H2,1-5H3,(H,78,79)(H,80,81)/t66-,67-,68-/m1/s1. The Labute approximate surface area is 556 Å². The van der Waals surface area contributed by atoms with E-state index in [1.807, 2.05) is 0 Å². The summed E-state index contributed by atoms with van der Waals surface area (Å²) in [6, 6.07) is 0. The lowest BCUT2D eigenvalue weighted by molar-refractivity contribution is -0.161. The number of esters is 4. The molecule has 0 spiro atoms. The van der Waals surface area contributed by atoms with E-state index in [1.54, 1.807) is 0 Å². The monoisotopic (exact) mass is 1340 g/mol. The van der Waals surface area contributed by atoms with E-state index in [9.17, 15) is 43.2 Å². The van der Waals surface area contributed by atoms with E-state index in [1.165, 1.54) is 199 Å². The van der Waals surface area contributed by atoms with E-state index in [4.69, 9.17) is 37.0 Å². The van der Waals surface area contributed by atoms with Gasteiger partial charge in [0.1, 0.15) is 19.3 Å². The van der Waals surface area contributed by atoms with Gasteiger partial charge in [-0.2, -0.15) is 0 Å². The first-order valence-electron chi connectivity index (χ1n) is 37.6. The number of hydrogen-bond acceptors (Lipinski definition) is 15. The zero-order chi connectivity index (χ0) is 67.0. The van der Waals surface area contributed by atoms with Crippen LogP contribution < -0.4 is 0 Å². The Bertz CT molecular complexity index is 1750. The molecule has 0 saturated carbocycles. The molecule has 540 valence electrons. The number of ether oxygens (including phenoxy) is 4. The summed E-state index contributed by atoms with van der Waals surface area (Å²) in [6.45, 7) is 7.15. The number of carbonyl (C=O) groups is 4. The maximum Gasteiger partial charge on any atom is 0.472 e. The molecule has 0 aliphatic carbocycles. The molecule has 0 bridgehead atoms. The Morgan fingerprint density at radius 3 is 0.747 bits per heavy atom. The maximum absolute atomic E-state index is 13.0. The molecule has 19 heteroatoms. The van der Waals surface area contributed by atoms with Crippen LogP contribution in [-0.4, -0.2) is 96.7 Å². The van der Waals surface area contributed by atoms with Crippen LogP contribution in [0, 0.1) is 5.92 Å². The Kier molecular flexibility index (Phi) is 64.0. The van der Waals surface area contributed by atoms with Crippen molar-refractivity contribution < 1.29 is 80.2 Å². The second-order valence-electron chi connectivity index (χ2n) is 26.5. The molecule has 5 atom stereocenters. The quantitative estimate of drug-likeness (QED) is 0.0222. The molecule has 0 heterocycles. The van der Waals surface area contributed by atoms with Crippen molar-refractivity contribution in [3.63, 3.8) is 0 Å². The number of phosphoric acid groups is 2. The topological polar surface area (TPSA) is 237 Å². The van der Waals surface area contributed by atoms with Gasteiger partial charge in [0.05, 0.1) is 26.4 Å². The largest absolute Gasteiger partial charge is 0.472 e. The molecule has 0 fully saturated rings. The second-order valence-corrected chi connectivity index (χ2v) is 29.4. The maximum atomic E-state index is 13.0. The van der Waals surface area contributed by atoms with Gasteiger partial charge in [-0.25, -0.2) is 9.13 Å². The van der Waals surface area contributed by atoms with Crippen LogP contribution in [-0.2, 0) is 65.4 Å². The fourth-order valence-corrected chi connectivity index (χ4v) is 12.6. The summed E-state index contributed by atoms with van der Waals surface area (Å²) >= 11 is 0.